The monoisotopic (exact) mass is 496 g/mol. The summed E-state index contributed by atoms with van der Waals surface area (Å²) in [7, 11) is 0. The minimum absolute atomic E-state index is 0.0937. The fraction of sp³-hybridized carbons (Fsp3) is 0.269. The van der Waals surface area contributed by atoms with Crippen LogP contribution in [-0.2, 0) is 30.4 Å². The van der Waals surface area contributed by atoms with Crippen LogP contribution >= 0.6 is 11.3 Å². The van der Waals surface area contributed by atoms with Gasteiger partial charge in [0.15, 0.2) is 0 Å². The van der Waals surface area contributed by atoms with Gasteiger partial charge in [-0.2, -0.15) is 18.3 Å². The molecule has 0 radical (unpaired) electrons. The van der Waals surface area contributed by atoms with Gasteiger partial charge >= 0.3 is 6.18 Å². The largest absolute Gasteiger partial charge is 0.416 e. The van der Waals surface area contributed by atoms with Crippen LogP contribution in [0.1, 0.15) is 47.0 Å². The average molecular weight is 497 g/mol. The minimum atomic E-state index is -4.37. The summed E-state index contributed by atoms with van der Waals surface area (Å²) in [6.45, 7) is 0.697. The second-order valence-corrected chi connectivity index (χ2v) is 9.46. The zero-order chi connectivity index (χ0) is 24.4. The van der Waals surface area contributed by atoms with Gasteiger partial charge in [0, 0.05) is 22.2 Å². The molecule has 0 saturated carbocycles. The second-order valence-electron chi connectivity index (χ2n) is 8.60. The molecule has 5 rings (SSSR count). The maximum absolute atomic E-state index is 12.8. The van der Waals surface area contributed by atoms with Crippen LogP contribution in [-0.4, -0.2) is 20.7 Å². The first kappa shape index (κ1) is 23.3. The van der Waals surface area contributed by atoms with Crippen molar-refractivity contribution < 1.29 is 18.0 Å². The van der Waals surface area contributed by atoms with Crippen LogP contribution in [0, 0.1) is 0 Å². The lowest BCUT2D eigenvalue weighted by molar-refractivity contribution is -0.137. The first-order valence-electron chi connectivity index (χ1n) is 11.4. The van der Waals surface area contributed by atoms with Crippen LogP contribution in [0.25, 0.3) is 10.6 Å². The van der Waals surface area contributed by atoms with Crippen molar-refractivity contribution in [3.63, 3.8) is 0 Å². The van der Waals surface area contributed by atoms with E-state index in [1.54, 1.807) is 5.38 Å². The lowest BCUT2D eigenvalue weighted by Crippen LogP contribution is -2.32. The van der Waals surface area contributed by atoms with Gasteiger partial charge in [-0.15, -0.1) is 11.3 Å². The normalized spacial score (nSPS) is 15.6. The fourth-order valence-electron chi connectivity index (χ4n) is 4.39. The molecule has 0 spiro atoms. The van der Waals surface area contributed by atoms with E-state index < -0.39 is 11.7 Å². The van der Waals surface area contributed by atoms with E-state index in [2.05, 4.69) is 27.5 Å². The van der Waals surface area contributed by atoms with E-state index in [9.17, 15) is 18.0 Å². The molecule has 1 amide bonds. The van der Waals surface area contributed by atoms with Crippen molar-refractivity contribution in [2.24, 2.45) is 0 Å². The van der Waals surface area contributed by atoms with E-state index >= 15 is 0 Å². The number of rotatable bonds is 6. The van der Waals surface area contributed by atoms with Crippen LogP contribution in [0.2, 0.25) is 0 Å². The highest BCUT2D eigenvalue weighted by molar-refractivity contribution is 7.13. The Bertz CT molecular complexity index is 1310. The van der Waals surface area contributed by atoms with Gasteiger partial charge in [-0.25, -0.2) is 4.98 Å². The van der Waals surface area contributed by atoms with Crippen molar-refractivity contribution in [1.29, 1.82) is 0 Å². The van der Waals surface area contributed by atoms with Crippen molar-refractivity contribution >= 4 is 17.2 Å². The number of hydrogen-bond donors (Lipinski definition) is 1. The van der Waals surface area contributed by atoms with Crippen LogP contribution in [0.5, 0.6) is 0 Å². The molecule has 1 aliphatic rings. The van der Waals surface area contributed by atoms with Crippen molar-refractivity contribution in [2.75, 3.05) is 0 Å². The van der Waals surface area contributed by atoms with Gasteiger partial charge in [-0.3, -0.25) is 9.48 Å². The molecule has 1 unspecified atom stereocenters. The molecule has 35 heavy (non-hydrogen) atoms. The van der Waals surface area contributed by atoms with Crippen molar-refractivity contribution in [1.82, 2.24) is 20.1 Å². The number of thiazole rings is 1. The number of aromatic nitrogens is 3. The third kappa shape index (κ3) is 5.30. The zero-order valence-electron chi connectivity index (χ0n) is 18.8. The summed E-state index contributed by atoms with van der Waals surface area (Å²) in [5.41, 5.74) is 3.89. The zero-order valence-corrected chi connectivity index (χ0v) is 19.6. The Kier molecular flexibility index (Phi) is 6.42. The molecular weight excluding hydrogens is 473 g/mol. The standard InChI is InChI=1S/C26H23F3N4OS/c27-26(28,29)19-11-9-18(10-12-19)25-31-20(16-35-25)13-24(34)32-22-7-4-8-23-21(22)14-30-33(23)15-17-5-2-1-3-6-17/h1-3,5-6,9-12,14,16,22H,4,7-8,13,15H2,(H,32,34). The summed E-state index contributed by atoms with van der Waals surface area (Å²) in [5.74, 6) is -0.136. The Labute approximate surface area is 204 Å². The van der Waals surface area contributed by atoms with Crippen LogP contribution < -0.4 is 5.32 Å². The molecule has 2 heterocycles. The van der Waals surface area contributed by atoms with Gasteiger partial charge in [-0.05, 0) is 37.0 Å². The molecule has 9 heteroatoms. The molecule has 1 N–H and O–H groups in total. The maximum Gasteiger partial charge on any atom is 0.416 e. The maximum atomic E-state index is 12.8. The average Bonchev–Trinajstić information content (AvgIpc) is 3.47. The summed E-state index contributed by atoms with van der Waals surface area (Å²) < 4.78 is 40.4. The number of amides is 1. The highest BCUT2D eigenvalue weighted by atomic mass is 32.1. The number of carbonyl (C=O) groups is 1. The number of hydrogen-bond acceptors (Lipinski definition) is 4. The van der Waals surface area contributed by atoms with Gasteiger partial charge < -0.3 is 5.32 Å². The molecule has 2 aromatic heterocycles. The fourth-order valence-corrected chi connectivity index (χ4v) is 5.22. The highest BCUT2D eigenvalue weighted by Gasteiger charge is 2.30. The third-order valence-corrected chi connectivity index (χ3v) is 7.07. The minimum Gasteiger partial charge on any atom is -0.349 e. The molecule has 4 aromatic rings. The Morgan fingerprint density at radius 2 is 1.89 bits per heavy atom. The van der Waals surface area contributed by atoms with E-state index in [1.165, 1.54) is 29.0 Å². The van der Waals surface area contributed by atoms with E-state index in [0.717, 1.165) is 42.7 Å². The molecule has 0 bridgehead atoms. The summed E-state index contributed by atoms with van der Waals surface area (Å²) in [6, 6.07) is 15.0. The van der Waals surface area contributed by atoms with E-state index in [4.69, 9.17) is 0 Å². The molecule has 5 nitrogen and oxygen atoms in total. The number of benzene rings is 2. The second kappa shape index (κ2) is 9.65. The van der Waals surface area contributed by atoms with Gasteiger partial charge in [-0.1, -0.05) is 42.5 Å². The lowest BCUT2D eigenvalue weighted by Gasteiger charge is -2.24. The number of fused-ring (bicyclic) bond motifs is 1. The van der Waals surface area contributed by atoms with Gasteiger partial charge in [0.1, 0.15) is 5.01 Å². The Hall–Kier alpha value is -3.46. The first-order chi connectivity index (χ1) is 16.9. The van der Waals surface area contributed by atoms with Gasteiger partial charge in [0.05, 0.1) is 36.5 Å². The summed E-state index contributed by atoms with van der Waals surface area (Å²) in [5, 5.41) is 10.1. The molecule has 2 aromatic carbocycles. The first-order valence-corrected chi connectivity index (χ1v) is 12.2. The number of alkyl halides is 3. The van der Waals surface area contributed by atoms with Crippen LogP contribution in [0.4, 0.5) is 13.2 Å². The quantitative estimate of drug-likeness (QED) is 0.367. The van der Waals surface area contributed by atoms with Crippen molar-refractivity contribution in [2.45, 2.75) is 44.4 Å². The van der Waals surface area contributed by atoms with Gasteiger partial charge in [0.25, 0.3) is 0 Å². The molecule has 0 saturated heterocycles. The Balaban J connectivity index is 1.23. The summed E-state index contributed by atoms with van der Waals surface area (Å²) in [6.07, 6.45) is 0.338. The Morgan fingerprint density at radius 3 is 2.63 bits per heavy atom. The van der Waals surface area contributed by atoms with E-state index in [1.807, 2.05) is 29.1 Å². The molecule has 1 aliphatic carbocycles. The third-order valence-electron chi connectivity index (χ3n) is 6.13. The lowest BCUT2D eigenvalue weighted by atomic mass is 9.92. The SMILES string of the molecule is O=C(Cc1csc(-c2ccc(C(F)(F)F)cc2)n1)NC1CCCc2c1cnn2Cc1ccccc1. The number of halogens is 3. The van der Waals surface area contributed by atoms with E-state index in [-0.39, 0.29) is 18.4 Å². The number of nitrogens with zero attached hydrogens (tertiary/aromatic N) is 3. The number of carbonyl (C=O) groups excluding carboxylic acids is 1. The van der Waals surface area contributed by atoms with Gasteiger partial charge in [0.2, 0.25) is 5.91 Å². The number of nitrogens with one attached hydrogen (secondary N) is 1. The molecule has 180 valence electrons. The smallest absolute Gasteiger partial charge is 0.349 e. The predicted octanol–water partition coefficient (Wildman–Crippen LogP) is 5.81. The molecular formula is C26H23F3N4OS. The highest BCUT2D eigenvalue weighted by Crippen LogP contribution is 2.32. The van der Waals surface area contributed by atoms with Crippen LogP contribution in [0.3, 0.4) is 0 Å². The molecule has 1 atom stereocenters. The van der Waals surface area contributed by atoms with E-state index in [0.29, 0.717) is 22.8 Å². The predicted molar refractivity (Wildman–Crippen MR) is 128 cm³/mol. The van der Waals surface area contributed by atoms with Crippen molar-refractivity contribution in [3.05, 3.63) is 94.3 Å². The van der Waals surface area contributed by atoms with Crippen molar-refractivity contribution in [3.8, 4) is 10.6 Å². The summed E-state index contributed by atoms with van der Waals surface area (Å²) >= 11 is 1.31. The Morgan fingerprint density at radius 1 is 1.11 bits per heavy atom. The molecule has 0 aliphatic heterocycles. The topological polar surface area (TPSA) is 59.8 Å². The summed E-state index contributed by atoms with van der Waals surface area (Å²) in [4.78, 5) is 17.3. The van der Waals surface area contributed by atoms with Crippen LogP contribution in [0.15, 0.2) is 66.2 Å². The molecule has 0 fully saturated rings.